The van der Waals surface area contributed by atoms with Crippen LogP contribution >= 0.6 is 11.3 Å². The van der Waals surface area contributed by atoms with Crippen molar-refractivity contribution in [3.63, 3.8) is 0 Å². The first-order valence-corrected chi connectivity index (χ1v) is 10.5. The molecule has 1 aliphatic heterocycles. The zero-order valence-electron chi connectivity index (χ0n) is 16.3. The Morgan fingerprint density at radius 3 is 2.71 bits per heavy atom. The van der Waals surface area contributed by atoms with Crippen molar-refractivity contribution in [1.82, 2.24) is 14.7 Å². The first-order chi connectivity index (χ1) is 13.6. The van der Waals surface area contributed by atoms with Gasteiger partial charge in [0.1, 0.15) is 0 Å². The van der Waals surface area contributed by atoms with Gasteiger partial charge in [-0.3, -0.25) is 4.79 Å². The van der Waals surface area contributed by atoms with Gasteiger partial charge in [0.2, 0.25) is 0 Å². The zero-order valence-corrected chi connectivity index (χ0v) is 17.1. The number of aromatic nitrogens is 2. The molecule has 6 heteroatoms. The lowest BCUT2D eigenvalue weighted by molar-refractivity contribution is 0.0509. The average molecular weight is 396 g/mol. The third-order valence-corrected chi connectivity index (χ3v) is 5.89. The number of benzene rings is 1. The summed E-state index contributed by atoms with van der Waals surface area (Å²) < 4.78 is 7.68. The first kappa shape index (κ1) is 18.9. The quantitative estimate of drug-likeness (QED) is 0.623. The normalized spacial score (nSPS) is 16.4. The fourth-order valence-corrected chi connectivity index (χ4v) is 4.38. The second kappa shape index (κ2) is 8.29. The minimum atomic E-state index is 0.0452. The molecule has 0 N–H and O–H groups in total. The molecule has 146 valence electrons. The molecule has 0 spiro atoms. The second-order valence-corrected chi connectivity index (χ2v) is 8.32. The number of carbonyl (C=O) groups is 1. The highest BCUT2D eigenvalue weighted by Gasteiger charge is 2.24. The molecule has 1 unspecified atom stereocenters. The maximum atomic E-state index is 13.2. The molecule has 3 aromatic rings. The van der Waals surface area contributed by atoms with Crippen LogP contribution in [0.25, 0.3) is 5.69 Å². The number of hydrogen-bond donors (Lipinski definition) is 0. The maximum absolute atomic E-state index is 13.2. The molecule has 5 nitrogen and oxygen atoms in total. The summed E-state index contributed by atoms with van der Waals surface area (Å²) in [6.07, 6.45) is 2.23. The number of aryl methyl sites for hydroxylation is 2. The second-order valence-electron chi connectivity index (χ2n) is 7.29. The maximum Gasteiger partial charge on any atom is 0.254 e. The first-order valence-electron chi connectivity index (χ1n) is 9.67. The van der Waals surface area contributed by atoms with Gasteiger partial charge >= 0.3 is 0 Å². The van der Waals surface area contributed by atoms with Crippen LogP contribution in [0.15, 0.2) is 47.8 Å². The third-order valence-electron chi connectivity index (χ3n) is 5.03. The summed E-state index contributed by atoms with van der Waals surface area (Å²) in [5.41, 5.74) is 3.72. The fraction of sp³-hybridized carbons (Fsp3) is 0.364. The molecular formula is C22H25N3O2S. The zero-order chi connectivity index (χ0) is 19.5. The van der Waals surface area contributed by atoms with Crippen LogP contribution in [0.1, 0.15) is 39.5 Å². The van der Waals surface area contributed by atoms with Crippen LogP contribution < -0.4 is 0 Å². The third kappa shape index (κ3) is 4.18. The van der Waals surface area contributed by atoms with Crippen molar-refractivity contribution in [2.45, 2.75) is 39.3 Å². The molecule has 1 fully saturated rings. The molecule has 2 aromatic heterocycles. The van der Waals surface area contributed by atoms with Gasteiger partial charge in [-0.15, -0.1) is 11.3 Å². The molecule has 0 saturated carbocycles. The summed E-state index contributed by atoms with van der Waals surface area (Å²) in [7, 11) is 0. The van der Waals surface area contributed by atoms with Gasteiger partial charge in [0.25, 0.3) is 5.91 Å². The highest BCUT2D eigenvalue weighted by Crippen LogP contribution is 2.20. The number of nitrogens with zero attached hydrogens (tertiary/aromatic N) is 3. The largest absolute Gasteiger partial charge is 0.376 e. The smallest absolute Gasteiger partial charge is 0.254 e. The molecule has 3 heterocycles. The fourth-order valence-electron chi connectivity index (χ4n) is 3.66. The summed E-state index contributed by atoms with van der Waals surface area (Å²) >= 11 is 1.68. The summed E-state index contributed by atoms with van der Waals surface area (Å²) in [6, 6.07) is 13.9. The molecule has 1 atom stereocenters. The summed E-state index contributed by atoms with van der Waals surface area (Å²) in [5.74, 6) is 0.0452. The van der Waals surface area contributed by atoms with E-state index in [-0.39, 0.29) is 12.0 Å². The van der Waals surface area contributed by atoms with E-state index in [4.69, 9.17) is 4.74 Å². The predicted molar refractivity (Wildman–Crippen MR) is 111 cm³/mol. The SMILES string of the molecule is Cc1cc(C)n(-c2ccc(C(=O)N(Cc3cccs3)CC3CCCO3)cc2)n1. The molecule has 1 amide bonds. The Bertz CT molecular complexity index is 925. The van der Waals surface area contributed by atoms with Crippen LogP contribution in [-0.2, 0) is 11.3 Å². The number of ether oxygens (including phenoxy) is 1. The standard InChI is InChI=1S/C22H25N3O2S/c1-16-13-17(2)25(23-16)19-9-7-18(8-10-19)22(26)24(14-20-5-3-11-27-20)15-21-6-4-12-28-21/h4,6-10,12-13,20H,3,5,11,14-15H2,1-2H3. The van der Waals surface area contributed by atoms with E-state index < -0.39 is 0 Å². The lowest BCUT2D eigenvalue weighted by Crippen LogP contribution is -2.36. The lowest BCUT2D eigenvalue weighted by Gasteiger charge is -2.25. The van der Waals surface area contributed by atoms with E-state index in [0.29, 0.717) is 18.7 Å². The van der Waals surface area contributed by atoms with E-state index in [0.717, 1.165) is 36.5 Å². The van der Waals surface area contributed by atoms with Gasteiger partial charge in [0, 0.05) is 29.3 Å². The summed E-state index contributed by atoms with van der Waals surface area (Å²) in [6.45, 7) is 6.06. The lowest BCUT2D eigenvalue weighted by atomic mass is 10.1. The predicted octanol–water partition coefficient (Wildman–Crippen LogP) is 4.37. The Morgan fingerprint density at radius 1 is 1.29 bits per heavy atom. The van der Waals surface area contributed by atoms with E-state index in [1.54, 1.807) is 11.3 Å². The van der Waals surface area contributed by atoms with Crippen molar-refractivity contribution in [1.29, 1.82) is 0 Å². The minimum absolute atomic E-state index is 0.0452. The van der Waals surface area contributed by atoms with Crippen molar-refractivity contribution in [2.24, 2.45) is 0 Å². The number of hydrogen-bond acceptors (Lipinski definition) is 4. The molecule has 1 saturated heterocycles. The topological polar surface area (TPSA) is 47.4 Å². The summed E-state index contributed by atoms with van der Waals surface area (Å²) in [5, 5.41) is 6.56. The Hall–Kier alpha value is -2.44. The Balaban J connectivity index is 1.54. The van der Waals surface area contributed by atoms with E-state index in [1.807, 2.05) is 65.2 Å². The molecule has 4 rings (SSSR count). The van der Waals surface area contributed by atoms with Crippen LogP contribution in [-0.4, -0.2) is 39.8 Å². The Labute approximate surface area is 169 Å². The Morgan fingerprint density at radius 2 is 2.11 bits per heavy atom. The van der Waals surface area contributed by atoms with E-state index in [9.17, 15) is 4.79 Å². The Kier molecular flexibility index (Phi) is 5.59. The molecule has 0 bridgehead atoms. The van der Waals surface area contributed by atoms with Crippen molar-refractivity contribution in [3.05, 3.63) is 69.7 Å². The minimum Gasteiger partial charge on any atom is -0.376 e. The van der Waals surface area contributed by atoms with Crippen LogP contribution in [0.2, 0.25) is 0 Å². The molecule has 28 heavy (non-hydrogen) atoms. The van der Waals surface area contributed by atoms with Crippen molar-refractivity contribution >= 4 is 17.2 Å². The number of thiophene rings is 1. The number of carbonyl (C=O) groups excluding carboxylic acids is 1. The monoisotopic (exact) mass is 395 g/mol. The van der Waals surface area contributed by atoms with Gasteiger partial charge in [-0.05, 0) is 68.5 Å². The average Bonchev–Trinajstić information content (AvgIpc) is 3.44. The van der Waals surface area contributed by atoms with Crippen molar-refractivity contribution in [3.8, 4) is 5.69 Å². The van der Waals surface area contributed by atoms with Crippen LogP contribution in [0.4, 0.5) is 0 Å². The number of rotatable bonds is 6. The van der Waals surface area contributed by atoms with Gasteiger partial charge in [-0.2, -0.15) is 5.10 Å². The van der Waals surface area contributed by atoms with Gasteiger partial charge in [-0.25, -0.2) is 4.68 Å². The summed E-state index contributed by atoms with van der Waals surface area (Å²) in [4.78, 5) is 16.3. The highest BCUT2D eigenvalue weighted by molar-refractivity contribution is 7.09. The van der Waals surface area contributed by atoms with Crippen LogP contribution in [0.3, 0.4) is 0 Å². The molecular weight excluding hydrogens is 370 g/mol. The van der Waals surface area contributed by atoms with E-state index in [1.165, 1.54) is 4.88 Å². The molecule has 1 aromatic carbocycles. The molecule has 0 aliphatic carbocycles. The van der Waals surface area contributed by atoms with Crippen LogP contribution in [0.5, 0.6) is 0 Å². The van der Waals surface area contributed by atoms with Crippen molar-refractivity contribution in [2.75, 3.05) is 13.2 Å². The van der Waals surface area contributed by atoms with Gasteiger partial charge in [0.05, 0.1) is 24.0 Å². The molecule has 1 aliphatic rings. The van der Waals surface area contributed by atoms with E-state index >= 15 is 0 Å². The van der Waals surface area contributed by atoms with E-state index in [2.05, 4.69) is 11.2 Å². The van der Waals surface area contributed by atoms with Gasteiger partial charge < -0.3 is 9.64 Å². The van der Waals surface area contributed by atoms with Crippen LogP contribution in [0, 0.1) is 13.8 Å². The molecule has 0 radical (unpaired) electrons. The number of amides is 1. The van der Waals surface area contributed by atoms with Gasteiger partial charge in [0.15, 0.2) is 0 Å². The highest BCUT2D eigenvalue weighted by atomic mass is 32.1. The van der Waals surface area contributed by atoms with Gasteiger partial charge in [-0.1, -0.05) is 6.07 Å². The van der Waals surface area contributed by atoms with Crippen molar-refractivity contribution < 1.29 is 9.53 Å².